The first-order valence-corrected chi connectivity index (χ1v) is 3.87. The third-order valence-electron chi connectivity index (χ3n) is 2.00. The van der Waals surface area contributed by atoms with Crippen molar-refractivity contribution in [1.29, 1.82) is 0 Å². The first-order chi connectivity index (χ1) is 5.74. The largest absolute Gasteiger partial charge is 0.464 e. The van der Waals surface area contributed by atoms with E-state index in [1.807, 2.05) is 0 Å². The number of ether oxygens (including phenoxy) is 1. The quantitative estimate of drug-likeness (QED) is 0.581. The van der Waals surface area contributed by atoms with Gasteiger partial charge >= 0.3 is 6.03 Å². The molecule has 0 spiro atoms. The van der Waals surface area contributed by atoms with Gasteiger partial charge in [-0.15, -0.1) is 0 Å². The van der Waals surface area contributed by atoms with Gasteiger partial charge < -0.3 is 15.4 Å². The van der Waals surface area contributed by atoms with Crippen molar-refractivity contribution in [1.82, 2.24) is 4.90 Å². The fourth-order valence-electron chi connectivity index (χ4n) is 1.29. The molecule has 5 nitrogen and oxygen atoms in total. The molecular weight excluding hydrogens is 160 g/mol. The van der Waals surface area contributed by atoms with Crippen LogP contribution in [0.25, 0.3) is 0 Å². The Kier molecular flexibility index (Phi) is 2.90. The molecule has 0 atom stereocenters. The highest BCUT2D eigenvalue weighted by Crippen LogP contribution is 2.11. The molecule has 1 aliphatic heterocycles. The Balaban J connectivity index is 2.29. The summed E-state index contributed by atoms with van der Waals surface area (Å²) in [5.41, 5.74) is 5.06. The summed E-state index contributed by atoms with van der Waals surface area (Å²) in [4.78, 5) is 22.2. The van der Waals surface area contributed by atoms with E-state index >= 15 is 0 Å². The summed E-state index contributed by atoms with van der Waals surface area (Å²) < 4.78 is 4.75. The Hall–Kier alpha value is -1.26. The molecule has 0 aliphatic carbocycles. The van der Waals surface area contributed by atoms with Gasteiger partial charge in [0.05, 0.1) is 0 Å². The lowest BCUT2D eigenvalue weighted by Gasteiger charge is -2.29. The van der Waals surface area contributed by atoms with E-state index in [1.165, 1.54) is 0 Å². The molecule has 0 saturated carbocycles. The lowest BCUT2D eigenvalue weighted by atomic mass is 10.1. The number of hydrogen-bond donors (Lipinski definition) is 1. The number of primary amides is 1. The van der Waals surface area contributed by atoms with Crippen LogP contribution in [0.4, 0.5) is 4.79 Å². The van der Waals surface area contributed by atoms with Crippen LogP contribution in [0.15, 0.2) is 0 Å². The Morgan fingerprint density at radius 3 is 2.50 bits per heavy atom. The van der Waals surface area contributed by atoms with Crippen molar-refractivity contribution >= 4 is 12.5 Å². The van der Waals surface area contributed by atoms with E-state index in [0.29, 0.717) is 32.4 Å². The molecule has 0 aromatic rings. The molecule has 0 bridgehead atoms. The molecule has 1 aliphatic rings. The number of rotatable bonds is 2. The van der Waals surface area contributed by atoms with Crippen molar-refractivity contribution < 1.29 is 14.3 Å². The summed E-state index contributed by atoms with van der Waals surface area (Å²) >= 11 is 0. The van der Waals surface area contributed by atoms with E-state index in [1.54, 1.807) is 4.90 Å². The molecule has 12 heavy (non-hydrogen) atoms. The van der Waals surface area contributed by atoms with Gasteiger partial charge in [-0.2, -0.15) is 0 Å². The van der Waals surface area contributed by atoms with Crippen LogP contribution in [-0.2, 0) is 9.53 Å². The summed E-state index contributed by atoms with van der Waals surface area (Å²) in [5.74, 6) is 0. The van der Waals surface area contributed by atoms with Crippen LogP contribution in [0.1, 0.15) is 12.8 Å². The van der Waals surface area contributed by atoms with Gasteiger partial charge in [0.1, 0.15) is 6.10 Å². The average molecular weight is 172 g/mol. The highest BCUT2D eigenvalue weighted by Gasteiger charge is 2.21. The van der Waals surface area contributed by atoms with Crippen molar-refractivity contribution in [2.45, 2.75) is 18.9 Å². The average Bonchev–Trinajstić information content (AvgIpc) is 2.06. The number of urea groups is 1. The van der Waals surface area contributed by atoms with Crippen LogP contribution < -0.4 is 5.73 Å². The van der Waals surface area contributed by atoms with Crippen molar-refractivity contribution in [3.05, 3.63) is 0 Å². The minimum Gasteiger partial charge on any atom is -0.464 e. The minimum atomic E-state index is -0.403. The van der Waals surface area contributed by atoms with Crippen LogP contribution in [0.3, 0.4) is 0 Å². The maximum Gasteiger partial charge on any atom is 0.314 e. The number of hydrogen-bond acceptors (Lipinski definition) is 3. The molecule has 2 N–H and O–H groups in total. The van der Waals surface area contributed by atoms with Gasteiger partial charge in [0.15, 0.2) is 0 Å². The highest BCUT2D eigenvalue weighted by molar-refractivity contribution is 5.72. The molecule has 68 valence electrons. The van der Waals surface area contributed by atoms with Crippen molar-refractivity contribution in [2.75, 3.05) is 13.1 Å². The summed E-state index contributed by atoms with van der Waals surface area (Å²) in [6.45, 7) is 1.60. The maximum atomic E-state index is 10.7. The lowest BCUT2D eigenvalue weighted by molar-refractivity contribution is -0.135. The van der Waals surface area contributed by atoms with Gasteiger partial charge in [0.2, 0.25) is 0 Å². The zero-order valence-electron chi connectivity index (χ0n) is 6.73. The van der Waals surface area contributed by atoms with Gasteiger partial charge in [-0.25, -0.2) is 4.79 Å². The number of nitrogens with zero attached hydrogens (tertiary/aromatic N) is 1. The molecule has 0 aromatic heterocycles. The Morgan fingerprint density at radius 1 is 1.50 bits per heavy atom. The van der Waals surface area contributed by atoms with Crippen molar-refractivity contribution in [3.8, 4) is 0 Å². The molecule has 1 rings (SSSR count). The number of nitrogens with two attached hydrogens (primary N) is 1. The predicted molar refractivity (Wildman–Crippen MR) is 41.3 cm³/mol. The predicted octanol–water partition coefficient (Wildman–Crippen LogP) is -0.298. The molecule has 1 heterocycles. The number of amides is 2. The molecule has 0 radical (unpaired) electrons. The molecule has 0 unspecified atom stereocenters. The standard InChI is InChI=1S/C7H12N2O3/c8-7(11)9-3-1-6(2-4-9)12-5-10/h5-6H,1-4H2,(H2,8,11). The van der Waals surface area contributed by atoms with Gasteiger partial charge in [-0.05, 0) is 0 Å². The zero-order valence-corrected chi connectivity index (χ0v) is 6.73. The topological polar surface area (TPSA) is 72.6 Å². The van der Waals surface area contributed by atoms with Crippen LogP contribution in [-0.4, -0.2) is 36.6 Å². The zero-order chi connectivity index (χ0) is 8.97. The summed E-state index contributed by atoms with van der Waals surface area (Å²) in [6, 6.07) is -0.403. The normalized spacial score (nSPS) is 18.8. The van der Waals surface area contributed by atoms with Crippen LogP contribution in [0.2, 0.25) is 0 Å². The second-order valence-corrected chi connectivity index (χ2v) is 2.76. The van der Waals surface area contributed by atoms with Crippen molar-refractivity contribution in [2.24, 2.45) is 5.73 Å². The monoisotopic (exact) mass is 172 g/mol. The van der Waals surface area contributed by atoms with E-state index in [2.05, 4.69) is 0 Å². The SMILES string of the molecule is NC(=O)N1CCC(OC=O)CC1. The maximum absolute atomic E-state index is 10.7. The van der Waals surface area contributed by atoms with E-state index in [9.17, 15) is 9.59 Å². The Morgan fingerprint density at radius 2 is 2.08 bits per heavy atom. The fourth-order valence-corrected chi connectivity index (χ4v) is 1.29. The summed E-state index contributed by atoms with van der Waals surface area (Å²) in [6.07, 6.45) is 1.32. The van der Waals surface area contributed by atoms with Crippen LogP contribution in [0, 0.1) is 0 Å². The second kappa shape index (κ2) is 3.94. The van der Waals surface area contributed by atoms with Crippen LogP contribution >= 0.6 is 0 Å². The third-order valence-corrected chi connectivity index (χ3v) is 2.00. The van der Waals surface area contributed by atoms with Crippen LogP contribution in [0.5, 0.6) is 0 Å². The number of carbonyl (C=O) groups is 2. The molecular formula is C7H12N2O3. The van der Waals surface area contributed by atoms with E-state index in [0.717, 1.165) is 0 Å². The van der Waals surface area contributed by atoms with E-state index < -0.39 is 6.03 Å². The summed E-state index contributed by atoms with van der Waals surface area (Å²) in [5, 5.41) is 0. The molecule has 5 heteroatoms. The number of likely N-dealkylation sites (tertiary alicyclic amines) is 1. The van der Waals surface area contributed by atoms with Gasteiger partial charge in [-0.1, -0.05) is 0 Å². The Labute approximate surface area is 70.5 Å². The first kappa shape index (κ1) is 8.83. The molecule has 2 amide bonds. The molecule has 1 fully saturated rings. The summed E-state index contributed by atoms with van der Waals surface area (Å²) in [7, 11) is 0. The first-order valence-electron chi connectivity index (χ1n) is 3.87. The van der Waals surface area contributed by atoms with E-state index in [4.69, 9.17) is 10.5 Å². The smallest absolute Gasteiger partial charge is 0.314 e. The number of carbonyl (C=O) groups excluding carboxylic acids is 2. The highest BCUT2D eigenvalue weighted by atomic mass is 16.5. The van der Waals surface area contributed by atoms with Gasteiger partial charge in [0.25, 0.3) is 6.47 Å². The third kappa shape index (κ3) is 2.11. The molecule has 0 aromatic carbocycles. The lowest BCUT2D eigenvalue weighted by Crippen LogP contribution is -2.43. The van der Waals surface area contributed by atoms with Crippen molar-refractivity contribution in [3.63, 3.8) is 0 Å². The van der Waals surface area contributed by atoms with Gasteiger partial charge in [-0.3, -0.25) is 4.79 Å². The molecule has 1 saturated heterocycles. The second-order valence-electron chi connectivity index (χ2n) is 2.76. The minimum absolute atomic E-state index is 0.0434. The Bertz CT molecular complexity index is 175. The van der Waals surface area contributed by atoms with Gasteiger partial charge in [0, 0.05) is 25.9 Å². The number of piperidine rings is 1. The fraction of sp³-hybridized carbons (Fsp3) is 0.714. The van der Waals surface area contributed by atoms with E-state index in [-0.39, 0.29) is 6.10 Å².